The number of halogens is 2. The molecule has 0 aliphatic heterocycles. The van der Waals surface area contributed by atoms with E-state index in [2.05, 4.69) is 0 Å². The molecule has 1 rings (SSSR count). The summed E-state index contributed by atoms with van der Waals surface area (Å²) in [6.45, 7) is 0. The highest BCUT2D eigenvalue weighted by molar-refractivity contribution is 6.32. The fourth-order valence-corrected chi connectivity index (χ4v) is 0.708. The van der Waals surface area contributed by atoms with Gasteiger partial charge in [0.15, 0.2) is 0 Å². The third kappa shape index (κ3) is 0.713. The Morgan fingerprint density at radius 2 is 2.38 bits per heavy atom. The average Bonchev–Trinajstić information content (AvgIpc) is 1.98. The van der Waals surface area contributed by atoms with E-state index in [0.717, 1.165) is 0 Å². The summed E-state index contributed by atoms with van der Waals surface area (Å²) in [7, 11) is 0. The number of nitrogens with two attached hydrogens (primary N) is 1. The van der Waals surface area contributed by atoms with E-state index in [1.54, 1.807) is 6.08 Å². The van der Waals surface area contributed by atoms with Gasteiger partial charge in [-0.05, 0) is 0 Å². The summed E-state index contributed by atoms with van der Waals surface area (Å²) >= 11 is 5.40. The molecular weight excluding hydrogens is 129 g/mol. The fraction of sp³-hybridized carbons (Fsp3) is 0.200. The minimum Gasteiger partial charge on any atom is -0.395 e. The maximum absolute atomic E-state index is 12.2. The minimum absolute atomic E-state index is 0.0895. The molecule has 1 aliphatic rings. The number of hydrogen-bond donors (Lipinski definition) is 1. The molecule has 8 heavy (non-hydrogen) atoms. The van der Waals surface area contributed by atoms with Crippen LogP contribution in [0.15, 0.2) is 22.6 Å². The van der Waals surface area contributed by atoms with Gasteiger partial charge in [-0.3, -0.25) is 0 Å². The molecule has 1 aliphatic carbocycles. The second-order valence-electron chi connectivity index (χ2n) is 1.57. The van der Waals surface area contributed by atoms with Crippen LogP contribution in [-0.2, 0) is 0 Å². The molecule has 0 aromatic carbocycles. The normalized spacial score (nSPS) is 19.5. The van der Waals surface area contributed by atoms with E-state index < -0.39 is 0 Å². The molecule has 1 nitrogen and oxygen atoms in total. The van der Waals surface area contributed by atoms with Crippen LogP contribution in [0.3, 0.4) is 0 Å². The van der Waals surface area contributed by atoms with Crippen LogP contribution >= 0.6 is 11.6 Å². The molecule has 44 valence electrons. The highest BCUT2D eigenvalue weighted by atomic mass is 35.5. The molecular formula is C5H5ClFN. The van der Waals surface area contributed by atoms with Gasteiger partial charge in [0.25, 0.3) is 0 Å². The third-order valence-electron chi connectivity index (χ3n) is 1.01. The van der Waals surface area contributed by atoms with Gasteiger partial charge in [0.05, 0.1) is 10.7 Å². The van der Waals surface area contributed by atoms with Crippen molar-refractivity contribution in [1.82, 2.24) is 0 Å². The van der Waals surface area contributed by atoms with E-state index in [-0.39, 0.29) is 17.9 Å². The predicted octanol–water partition coefficient (Wildman–Crippen LogP) is 1.65. The van der Waals surface area contributed by atoms with Gasteiger partial charge in [0.1, 0.15) is 5.83 Å². The average molecular weight is 134 g/mol. The summed E-state index contributed by atoms with van der Waals surface area (Å²) in [6, 6.07) is 0. The van der Waals surface area contributed by atoms with Crippen molar-refractivity contribution < 1.29 is 4.39 Å². The number of hydrogen-bond acceptors (Lipinski definition) is 1. The van der Waals surface area contributed by atoms with Crippen LogP contribution in [0.5, 0.6) is 0 Å². The first-order chi connectivity index (χ1) is 3.72. The Morgan fingerprint density at radius 1 is 1.75 bits per heavy atom. The molecule has 0 saturated heterocycles. The first kappa shape index (κ1) is 5.63. The van der Waals surface area contributed by atoms with E-state index in [1.807, 2.05) is 0 Å². The summed E-state index contributed by atoms with van der Waals surface area (Å²) < 4.78 is 12.2. The van der Waals surface area contributed by atoms with Gasteiger partial charge in [-0.2, -0.15) is 0 Å². The molecule has 0 atom stereocenters. The Labute approximate surface area is 51.6 Å². The standard InChI is InChI=1S/C5H5ClFN/c6-3-1-2-4(7)5(3)8/h1H,2,8H2. The van der Waals surface area contributed by atoms with Gasteiger partial charge in [-0.15, -0.1) is 0 Å². The molecule has 0 bridgehead atoms. The van der Waals surface area contributed by atoms with Crippen LogP contribution < -0.4 is 5.73 Å². The Hall–Kier alpha value is -0.500. The third-order valence-corrected chi connectivity index (χ3v) is 1.37. The van der Waals surface area contributed by atoms with Gasteiger partial charge >= 0.3 is 0 Å². The van der Waals surface area contributed by atoms with Crippen molar-refractivity contribution in [3.05, 3.63) is 22.6 Å². The Bertz CT molecular complexity index is 166. The summed E-state index contributed by atoms with van der Waals surface area (Å²) in [5.41, 5.74) is 5.22. The second-order valence-corrected chi connectivity index (χ2v) is 1.98. The smallest absolute Gasteiger partial charge is 0.128 e. The van der Waals surface area contributed by atoms with E-state index in [1.165, 1.54) is 0 Å². The quantitative estimate of drug-likeness (QED) is 0.534. The molecule has 3 heteroatoms. The number of allylic oxidation sites excluding steroid dienone is 3. The predicted molar refractivity (Wildman–Crippen MR) is 30.9 cm³/mol. The zero-order chi connectivity index (χ0) is 6.15. The van der Waals surface area contributed by atoms with Gasteiger partial charge in [-0.1, -0.05) is 17.7 Å². The Kier molecular flexibility index (Phi) is 1.26. The van der Waals surface area contributed by atoms with E-state index in [0.29, 0.717) is 5.03 Å². The van der Waals surface area contributed by atoms with Gasteiger partial charge in [-0.25, -0.2) is 4.39 Å². The highest BCUT2D eigenvalue weighted by Crippen LogP contribution is 2.25. The van der Waals surface area contributed by atoms with Crippen molar-refractivity contribution in [1.29, 1.82) is 0 Å². The van der Waals surface area contributed by atoms with Crippen molar-refractivity contribution in [3.8, 4) is 0 Å². The Balaban J connectivity index is 2.88. The summed E-state index contributed by atoms with van der Waals surface area (Å²) in [5, 5.41) is 0.336. The lowest BCUT2D eigenvalue weighted by Crippen LogP contribution is -1.94. The molecule has 0 spiro atoms. The van der Waals surface area contributed by atoms with E-state index >= 15 is 0 Å². The fourth-order valence-electron chi connectivity index (χ4n) is 0.529. The molecule has 0 heterocycles. The molecule has 0 fully saturated rings. The van der Waals surface area contributed by atoms with E-state index in [4.69, 9.17) is 17.3 Å². The second kappa shape index (κ2) is 1.78. The van der Waals surface area contributed by atoms with Crippen LogP contribution in [0, 0.1) is 0 Å². The highest BCUT2D eigenvalue weighted by Gasteiger charge is 2.11. The lowest BCUT2D eigenvalue weighted by molar-refractivity contribution is 0.614. The molecule has 0 radical (unpaired) electrons. The zero-order valence-corrected chi connectivity index (χ0v) is 4.87. The molecule has 0 aromatic rings. The molecule has 0 amide bonds. The van der Waals surface area contributed by atoms with Crippen LogP contribution in [0.25, 0.3) is 0 Å². The van der Waals surface area contributed by atoms with Crippen molar-refractivity contribution in [2.75, 3.05) is 0 Å². The largest absolute Gasteiger partial charge is 0.395 e. The maximum Gasteiger partial charge on any atom is 0.128 e. The Morgan fingerprint density at radius 3 is 2.50 bits per heavy atom. The van der Waals surface area contributed by atoms with Crippen LogP contribution in [-0.4, -0.2) is 0 Å². The van der Waals surface area contributed by atoms with Crippen molar-refractivity contribution in [3.63, 3.8) is 0 Å². The number of rotatable bonds is 0. The minimum atomic E-state index is -0.324. The van der Waals surface area contributed by atoms with Crippen LogP contribution in [0.1, 0.15) is 6.42 Å². The monoisotopic (exact) mass is 133 g/mol. The van der Waals surface area contributed by atoms with Crippen molar-refractivity contribution >= 4 is 11.6 Å². The first-order valence-corrected chi connectivity index (χ1v) is 2.60. The molecule has 2 N–H and O–H groups in total. The summed E-state index contributed by atoms with van der Waals surface area (Å²) in [4.78, 5) is 0. The maximum atomic E-state index is 12.2. The van der Waals surface area contributed by atoms with Crippen molar-refractivity contribution in [2.24, 2.45) is 5.73 Å². The first-order valence-electron chi connectivity index (χ1n) is 2.22. The lowest BCUT2D eigenvalue weighted by Gasteiger charge is -1.88. The lowest BCUT2D eigenvalue weighted by atomic mass is 10.4. The summed E-state index contributed by atoms with van der Waals surface area (Å²) in [6.07, 6.45) is 1.80. The van der Waals surface area contributed by atoms with Gasteiger partial charge in [0.2, 0.25) is 0 Å². The SMILES string of the molecule is NC1=C(F)CC=C1Cl. The van der Waals surface area contributed by atoms with Crippen molar-refractivity contribution in [2.45, 2.75) is 6.42 Å². The van der Waals surface area contributed by atoms with Gasteiger partial charge in [0, 0.05) is 6.42 Å². The van der Waals surface area contributed by atoms with Crippen LogP contribution in [0.4, 0.5) is 4.39 Å². The van der Waals surface area contributed by atoms with Crippen LogP contribution in [0.2, 0.25) is 0 Å². The zero-order valence-electron chi connectivity index (χ0n) is 4.12. The molecule has 0 saturated carbocycles. The molecule has 0 unspecified atom stereocenters. The van der Waals surface area contributed by atoms with E-state index in [9.17, 15) is 4.39 Å². The topological polar surface area (TPSA) is 26.0 Å². The van der Waals surface area contributed by atoms with Gasteiger partial charge < -0.3 is 5.73 Å². The summed E-state index contributed by atoms with van der Waals surface area (Å²) in [5.74, 6) is -0.324. The molecule has 0 aromatic heterocycles.